The van der Waals surface area contributed by atoms with Gasteiger partial charge >= 0.3 is 6.03 Å². The van der Waals surface area contributed by atoms with Gasteiger partial charge in [-0.05, 0) is 32.4 Å². The van der Waals surface area contributed by atoms with Crippen LogP contribution in [-0.4, -0.2) is 57.8 Å². The molecule has 0 bridgehead atoms. The fourth-order valence-corrected chi connectivity index (χ4v) is 4.03. The van der Waals surface area contributed by atoms with Crippen LogP contribution in [0.25, 0.3) is 10.9 Å². The van der Waals surface area contributed by atoms with Crippen LogP contribution in [0, 0.1) is 0 Å². The third-order valence-electron chi connectivity index (χ3n) is 5.22. The fourth-order valence-electron chi connectivity index (χ4n) is 4.03. The van der Waals surface area contributed by atoms with E-state index in [0.717, 1.165) is 57.8 Å². The summed E-state index contributed by atoms with van der Waals surface area (Å²) in [6.07, 6.45) is 2.24. The van der Waals surface area contributed by atoms with E-state index in [9.17, 15) is 4.79 Å². The molecule has 6 nitrogen and oxygen atoms in total. The van der Waals surface area contributed by atoms with Crippen molar-refractivity contribution in [2.45, 2.75) is 38.9 Å². The molecule has 0 saturated carbocycles. The molecule has 2 fully saturated rings. The molecule has 128 valence electrons. The number of benzene rings is 1. The highest BCUT2D eigenvalue weighted by Crippen LogP contribution is 2.23. The van der Waals surface area contributed by atoms with Crippen molar-refractivity contribution in [1.29, 1.82) is 0 Å². The maximum Gasteiger partial charge on any atom is 0.317 e. The second-order valence-electron chi connectivity index (χ2n) is 6.74. The van der Waals surface area contributed by atoms with Crippen LogP contribution in [-0.2, 0) is 13.1 Å². The minimum absolute atomic E-state index is 0.0996. The number of rotatable bonds is 4. The first-order chi connectivity index (χ1) is 11.8. The first-order valence-electron chi connectivity index (χ1n) is 8.97. The number of aryl methyl sites for hydroxylation is 1. The molecule has 2 amide bonds. The molecule has 1 atom stereocenters. The summed E-state index contributed by atoms with van der Waals surface area (Å²) < 4.78 is 2.08. The number of fused-ring (bicyclic) bond motifs is 1. The number of urea groups is 1. The van der Waals surface area contributed by atoms with E-state index in [1.54, 1.807) is 0 Å². The van der Waals surface area contributed by atoms with Gasteiger partial charge in [0.05, 0.1) is 11.2 Å². The van der Waals surface area contributed by atoms with E-state index >= 15 is 0 Å². The van der Waals surface area contributed by atoms with Crippen molar-refractivity contribution >= 4 is 16.9 Å². The summed E-state index contributed by atoms with van der Waals surface area (Å²) in [5.41, 5.74) is 2.36. The standard InChI is InChI=1S/C18H25N5O/c1-2-23-17-8-4-3-7-15(17)16(20-23)13-21-10-5-6-14(12-21)22-11-9-19-18(22)24/h3-4,7-8,14H,2,5-6,9-13H2,1H3,(H,19,24). The van der Waals surface area contributed by atoms with Crippen molar-refractivity contribution in [2.75, 3.05) is 26.2 Å². The Balaban J connectivity index is 1.52. The van der Waals surface area contributed by atoms with E-state index in [-0.39, 0.29) is 6.03 Å². The molecular formula is C18H25N5O. The molecule has 1 N–H and O–H groups in total. The van der Waals surface area contributed by atoms with E-state index in [4.69, 9.17) is 5.10 Å². The number of piperidine rings is 1. The molecular weight excluding hydrogens is 302 g/mol. The van der Waals surface area contributed by atoms with Gasteiger partial charge in [0.25, 0.3) is 0 Å². The molecule has 0 aliphatic carbocycles. The lowest BCUT2D eigenvalue weighted by molar-refractivity contribution is 0.121. The van der Waals surface area contributed by atoms with Gasteiger partial charge in [-0.2, -0.15) is 5.10 Å². The van der Waals surface area contributed by atoms with Gasteiger partial charge in [-0.15, -0.1) is 0 Å². The maximum atomic E-state index is 11.9. The summed E-state index contributed by atoms with van der Waals surface area (Å²) in [6.45, 7) is 7.52. The van der Waals surface area contributed by atoms with E-state index < -0.39 is 0 Å². The van der Waals surface area contributed by atoms with Gasteiger partial charge < -0.3 is 10.2 Å². The maximum absolute atomic E-state index is 11.9. The smallest absolute Gasteiger partial charge is 0.317 e. The van der Waals surface area contributed by atoms with Crippen LogP contribution < -0.4 is 5.32 Å². The predicted molar refractivity (Wildman–Crippen MR) is 93.8 cm³/mol. The quantitative estimate of drug-likeness (QED) is 0.935. The molecule has 24 heavy (non-hydrogen) atoms. The zero-order valence-corrected chi connectivity index (χ0v) is 14.2. The molecule has 1 aromatic heterocycles. The zero-order valence-electron chi connectivity index (χ0n) is 14.2. The molecule has 2 aromatic rings. The predicted octanol–water partition coefficient (Wildman–Crippen LogP) is 2.05. The highest BCUT2D eigenvalue weighted by Gasteiger charge is 2.31. The van der Waals surface area contributed by atoms with Gasteiger partial charge in [-0.25, -0.2) is 4.79 Å². The first kappa shape index (κ1) is 15.4. The highest BCUT2D eigenvalue weighted by molar-refractivity contribution is 5.81. The molecule has 4 rings (SSSR count). The Bertz CT molecular complexity index is 740. The Kier molecular flexibility index (Phi) is 4.14. The Morgan fingerprint density at radius 1 is 1.29 bits per heavy atom. The lowest BCUT2D eigenvalue weighted by atomic mass is 10.0. The number of para-hydroxylation sites is 1. The zero-order chi connectivity index (χ0) is 16.5. The van der Waals surface area contributed by atoms with Gasteiger partial charge in [-0.1, -0.05) is 18.2 Å². The van der Waals surface area contributed by atoms with E-state index in [1.807, 2.05) is 4.90 Å². The fraction of sp³-hybridized carbons (Fsp3) is 0.556. The number of nitrogens with one attached hydrogen (secondary N) is 1. The number of hydrogen-bond acceptors (Lipinski definition) is 3. The molecule has 0 radical (unpaired) electrons. The lowest BCUT2D eigenvalue weighted by Crippen LogP contribution is -2.48. The van der Waals surface area contributed by atoms with Gasteiger partial charge in [0, 0.05) is 44.2 Å². The SMILES string of the molecule is CCn1nc(CN2CCCC(N3CCNC3=O)C2)c2ccccc21. The number of hydrogen-bond donors (Lipinski definition) is 1. The number of amides is 2. The summed E-state index contributed by atoms with van der Waals surface area (Å²) in [5.74, 6) is 0. The third kappa shape index (κ3) is 2.75. The van der Waals surface area contributed by atoms with Crippen LogP contribution in [0.1, 0.15) is 25.5 Å². The Labute approximate surface area is 142 Å². The number of carbonyl (C=O) groups excluding carboxylic acids is 1. The number of likely N-dealkylation sites (tertiary alicyclic amines) is 1. The second-order valence-corrected chi connectivity index (χ2v) is 6.74. The molecule has 2 saturated heterocycles. The van der Waals surface area contributed by atoms with Crippen LogP contribution in [0.3, 0.4) is 0 Å². The van der Waals surface area contributed by atoms with Gasteiger partial charge in [0.15, 0.2) is 0 Å². The van der Waals surface area contributed by atoms with Gasteiger partial charge in [-0.3, -0.25) is 9.58 Å². The summed E-state index contributed by atoms with van der Waals surface area (Å²) in [4.78, 5) is 16.4. The van der Waals surface area contributed by atoms with E-state index in [1.165, 1.54) is 10.9 Å². The van der Waals surface area contributed by atoms with Gasteiger partial charge in [0.1, 0.15) is 0 Å². The monoisotopic (exact) mass is 327 g/mol. The molecule has 6 heteroatoms. The van der Waals surface area contributed by atoms with Crippen LogP contribution in [0.15, 0.2) is 24.3 Å². The molecule has 1 unspecified atom stereocenters. The minimum atomic E-state index is 0.0996. The summed E-state index contributed by atoms with van der Waals surface area (Å²) >= 11 is 0. The Hall–Kier alpha value is -2.08. The van der Waals surface area contributed by atoms with Crippen LogP contribution >= 0.6 is 0 Å². The van der Waals surface area contributed by atoms with Crippen molar-refractivity contribution in [3.63, 3.8) is 0 Å². The normalized spacial score (nSPS) is 22.3. The average molecular weight is 327 g/mol. The second kappa shape index (κ2) is 6.43. The average Bonchev–Trinajstić information content (AvgIpc) is 3.19. The molecule has 0 spiro atoms. The van der Waals surface area contributed by atoms with Crippen molar-refractivity contribution in [3.05, 3.63) is 30.0 Å². The lowest BCUT2D eigenvalue weighted by Gasteiger charge is -2.36. The van der Waals surface area contributed by atoms with Crippen LogP contribution in [0.4, 0.5) is 4.79 Å². The third-order valence-corrected chi connectivity index (χ3v) is 5.22. The molecule has 3 heterocycles. The van der Waals surface area contributed by atoms with Crippen molar-refractivity contribution in [3.8, 4) is 0 Å². The highest BCUT2D eigenvalue weighted by atomic mass is 16.2. The van der Waals surface area contributed by atoms with Crippen LogP contribution in [0.2, 0.25) is 0 Å². The summed E-state index contributed by atoms with van der Waals surface area (Å²) in [6, 6.07) is 8.90. The van der Waals surface area contributed by atoms with Crippen molar-refractivity contribution < 1.29 is 4.79 Å². The number of nitrogens with zero attached hydrogens (tertiary/aromatic N) is 4. The van der Waals surface area contributed by atoms with Crippen molar-refractivity contribution in [1.82, 2.24) is 24.9 Å². The van der Waals surface area contributed by atoms with Crippen LogP contribution in [0.5, 0.6) is 0 Å². The Morgan fingerprint density at radius 2 is 2.17 bits per heavy atom. The van der Waals surface area contributed by atoms with E-state index in [0.29, 0.717) is 6.04 Å². The molecule has 2 aliphatic heterocycles. The Morgan fingerprint density at radius 3 is 2.96 bits per heavy atom. The molecule has 2 aliphatic rings. The summed E-state index contributed by atoms with van der Waals surface area (Å²) in [5, 5.41) is 8.99. The summed E-state index contributed by atoms with van der Waals surface area (Å²) in [7, 11) is 0. The largest absolute Gasteiger partial charge is 0.336 e. The topological polar surface area (TPSA) is 53.4 Å². The van der Waals surface area contributed by atoms with Crippen molar-refractivity contribution in [2.24, 2.45) is 0 Å². The van der Waals surface area contributed by atoms with Gasteiger partial charge in [0.2, 0.25) is 0 Å². The van der Waals surface area contributed by atoms with E-state index in [2.05, 4.69) is 46.1 Å². The minimum Gasteiger partial charge on any atom is -0.336 e. The number of aromatic nitrogens is 2. The first-order valence-corrected chi connectivity index (χ1v) is 8.97. The molecule has 1 aromatic carbocycles. The number of carbonyl (C=O) groups is 1.